The van der Waals surface area contributed by atoms with Crippen molar-refractivity contribution in [2.45, 2.75) is 13.0 Å². The van der Waals surface area contributed by atoms with Crippen molar-refractivity contribution in [1.29, 1.82) is 0 Å². The zero-order chi connectivity index (χ0) is 14.1. The molecule has 3 rings (SSSR count). The van der Waals surface area contributed by atoms with Gasteiger partial charge in [-0.1, -0.05) is 54.6 Å². The highest BCUT2D eigenvalue weighted by Gasteiger charge is 2.14. The molecule has 0 saturated carbocycles. The number of nitrogens with two attached hydrogens (primary N) is 1. The molecule has 0 aliphatic rings. The number of benzene rings is 3. The predicted molar refractivity (Wildman–Crippen MR) is 81.1 cm³/mol. The van der Waals surface area contributed by atoms with Gasteiger partial charge in [0.15, 0.2) is 0 Å². The smallest absolute Gasteiger partial charge is 0.131 e. The Morgan fingerprint density at radius 2 is 1.65 bits per heavy atom. The van der Waals surface area contributed by atoms with Crippen molar-refractivity contribution in [2.75, 3.05) is 0 Å². The lowest BCUT2D eigenvalue weighted by Crippen LogP contribution is -2.14. The van der Waals surface area contributed by atoms with E-state index in [1.807, 2.05) is 42.5 Å². The monoisotopic (exact) mass is 265 g/mol. The molecule has 0 amide bonds. The maximum absolute atomic E-state index is 14.2. The van der Waals surface area contributed by atoms with Crippen LogP contribution < -0.4 is 5.73 Å². The Morgan fingerprint density at radius 1 is 0.900 bits per heavy atom. The Morgan fingerprint density at radius 3 is 2.45 bits per heavy atom. The van der Waals surface area contributed by atoms with Crippen molar-refractivity contribution in [3.63, 3.8) is 0 Å². The van der Waals surface area contributed by atoms with Gasteiger partial charge >= 0.3 is 0 Å². The van der Waals surface area contributed by atoms with Crippen LogP contribution >= 0.6 is 0 Å². The number of hydrogen-bond acceptors (Lipinski definition) is 1. The normalized spacial score (nSPS) is 12.6. The van der Waals surface area contributed by atoms with Gasteiger partial charge in [0, 0.05) is 5.56 Å². The summed E-state index contributed by atoms with van der Waals surface area (Å²) in [6.45, 7) is 1.76. The molecule has 2 heteroatoms. The maximum atomic E-state index is 14.2. The van der Waals surface area contributed by atoms with E-state index in [1.54, 1.807) is 19.1 Å². The third-order valence-corrected chi connectivity index (χ3v) is 3.69. The number of hydrogen-bond donors (Lipinski definition) is 1. The molecule has 0 aromatic heterocycles. The minimum absolute atomic E-state index is 0.215. The molecule has 3 aromatic rings. The quantitative estimate of drug-likeness (QED) is 0.733. The zero-order valence-electron chi connectivity index (χ0n) is 11.3. The molecule has 0 aliphatic carbocycles. The first-order valence-electron chi connectivity index (χ1n) is 6.66. The molecule has 1 nitrogen and oxygen atoms in total. The second kappa shape index (κ2) is 5.06. The summed E-state index contributed by atoms with van der Waals surface area (Å²) in [5, 5.41) is 2.28. The van der Waals surface area contributed by atoms with Crippen LogP contribution in [-0.2, 0) is 0 Å². The zero-order valence-corrected chi connectivity index (χ0v) is 11.3. The van der Waals surface area contributed by atoms with Gasteiger partial charge in [-0.05, 0) is 34.9 Å². The van der Waals surface area contributed by atoms with E-state index in [0.29, 0.717) is 11.1 Å². The fourth-order valence-corrected chi connectivity index (χ4v) is 2.49. The highest BCUT2D eigenvalue weighted by molar-refractivity contribution is 5.83. The van der Waals surface area contributed by atoms with Crippen molar-refractivity contribution in [1.82, 2.24) is 0 Å². The van der Waals surface area contributed by atoms with E-state index < -0.39 is 6.04 Å². The minimum atomic E-state index is -0.445. The highest BCUT2D eigenvalue weighted by Crippen LogP contribution is 2.26. The summed E-state index contributed by atoms with van der Waals surface area (Å²) >= 11 is 0. The molecule has 0 spiro atoms. The summed E-state index contributed by atoms with van der Waals surface area (Å²) in [5.74, 6) is -0.215. The minimum Gasteiger partial charge on any atom is -0.320 e. The van der Waals surface area contributed by atoms with E-state index in [4.69, 9.17) is 5.73 Å². The topological polar surface area (TPSA) is 26.0 Å². The molecule has 20 heavy (non-hydrogen) atoms. The summed E-state index contributed by atoms with van der Waals surface area (Å²) in [6.07, 6.45) is 0. The van der Waals surface area contributed by atoms with Crippen LogP contribution in [0.3, 0.4) is 0 Å². The van der Waals surface area contributed by atoms with E-state index in [2.05, 4.69) is 6.07 Å². The van der Waals surface area contributed by atoms with Gasteiger partial charge in [0.05, 0.1) is 6.04 Å². The lowest BCUT2D eigenvalue weighted by molar-refractivity contribution is 0.591. The van der Waals surface area contributed by atoms with Crippen LogP contribution in [0.4, 0.5) is 4.39 Å². The first-order chi connectivity index (χ1) is 9.66. The van der Waals surface area contributed by atoms with Crippen molar-refractivity contribution >= 4 is 10.8 Å². The van der Waals surface area contributed by atoms with Crippen LogP contribution in [0.1, 0.15) is 22.7 Å². The Balaban J connectivity index is 2.08. The van der Waals surface area contributed by atoms with Crippen LogP contribution in [0.15, 0.2) is 60.7 Å². The largest absolute Gasteiger partial charge is 0.320 e. The number of fused-ring (bicyclic) bond motifs is 1. The van der Waals surface area contributed by atoms with Gasteiger partial charge in [-0.2, -0.15) is 0 Å². The number of aryl methyl sites for hydroxylation is 1. The predicted octanol–water partition coefficient (Wildman–Crippen LogP) is 4.34. The molecular weight excluding hydrogens is 249 g/mol. The summed E-state index contributed by atoms with van der Waals surface area (Å²) < 4.78 is 14.2. The number of halogens is 1. The van der Waals surface area contributed by atoms with E-state index >= 15 is 0 Å². The lowest BCUT2D eigenvalue weighted by atomic mass is 9.95. The lowest BCUT2D eigenvalue weighted by Gasteiger charge is -2.15. The van der Waals surface area contributed by atoms with Crippen molar-refractivity contribution in [3.8, 4) is 0 Å². The van der Waals surface area contributed by atoms with Crippen molar-refractivity contribution in [3.05, 3.63) is 83.2 Å². The summed E-state index contributed by atoms with van der Waals surface area (Å²) in [6, 6.07) is 19.0. The Hall–Kier alpha value is -2.19. The van der Waals surface area contributed by atoms with Crippen LogP contribution in [0.2, 0.25) is 0 Å². The van der Waals surface area contributed by atoms with Gasteiger partial charge < -0.3 is 5.73 Å². The van der Waals surface area contributed by atoms with E-state index in [0.717, 1.165) is 16.3 Å². The van der Waals surface area contributed by atoms with Gasteiger partial charge in [-0.3, -0.25) is 0 Å². The third-order valence-electron chi connectivity index (χ3n) is 3.69. The molecule has 2 N–H and O–H groups in total. The van der Waals surface area contributed by atoms with E-state index in [1.165, 1.54) is 0 Å². The average molecular weight is 265 g/mol. The fourth-order valence-electron chi connectivity index (χ4n) is 2.49. The first-order valence-corrected chi connectivity index (χ1v) is 6.66. The Kier molecular flexibility index (Phi) is 3.25. The molecule has 0 heterocycles. The highest BCUT2D eigenvalue weighted by atomic mass is 19.1. The molecule has 0 saturated heterocycles. The first kappa shape index (κ1) is 12.8. The third kappa shape index (κ3) is 2.19. The molecule has 100 valence electrons. The van der Waals surface area contributed by atoms with Crippen molar-refractivity contribution in [2.24, 2.45) is 5.73 Å². The van der Waals surface area contributed by atoms with Crippen LogP contribution in [0.5, 0.6) is 0 Å². The van der Waals surface area contributed by atoms with Crippen molar-refractivity contribution < 1.29 is 4.39 Å². The van der Waals surface area contributed by atoms with Crippen LogP contribution in [-0.4, -0.2) is 0 Å². The van der Waals surface area contributed by atoms with Gasteiger partial charge in [0.1, 0.15) is 5.82 Å². The fraction of sp³-hybridized carbons (Fsp3) is 0.111. The molecule has 0 fully saturated rings. The standard InChI is InChI=1S/C18H16FN/c1-12-5-4-8-16(17(12)19)18(20)15-10-9-13-6-2-3-7-14(13)11-15/h2-11,18H,20H2,1H3. The molecule has 1 atom stereocenters. The molecular formula is C18H16FN. The summed E-state index contributed by atoms with van der Waals surface area (Å²) in [4.78, 5) is 0. The summed E-state index contributed by atoms with van der Waals surface area (Å²) in [5.41, 5.74) is 8.33. The maximum Gasteiger partial charge on any atom is 0.131 e. The van der Waals surface area contributed by atoms with Gasteiger partial charge in [0.2, 0.25) is 0 Å². The van der Waals surface area contributed by atoms with E-state index in [-0.39, 0.29) is 5.82 Å². The second-order valence-electron chi connectivity index (χ2n) is 5.06. The molecule has 1 unspecified atom stereocenters. The molecule has 0 aliphatic heterocycles. The second-order valence-corrected chi connectivity index (χ2v) is 5.06. The SMILES string of the molecule is Cc1cccc(C(N)c2ccc3ccccc3c2)c1F. The Labute approximate surface area is 117 Å². The van der Waals surface area contributed by atoms with Crippen LogP contribution in [0, 0.1) is 12.7 Å². The van der Waals surface area contributed by atoms with Crippen LogP contribution in [0.25, 0.3) is 10.8 Å². The van der Waals surface area contributed by atoms with Gasteiger partial charge in [-0.15, -0.1) is 0 Å². The summed E-state index contributed by atoms with van der Waals surface area (Å²) in [7, 11) is 0. The number of rotatable bonds is 2. The molecule has 3 aromatic carbocycles. The van der Waals surface area contributed by atoms with Gasteiger partial charge in [0.25, 0.3) is 0 Å². The molecule has 0 bridgehead atoms. The Bertz CT molecular complexity index is 764. The van der Waals surface area contributed by atoms with E-state index in [9.17, 15) is 4.39 Å². The average Bonchev–Trinajstić information content (AvgIpc) is 2.49. The molecule has 0 radical (unpaired) electrons. The van der Waals surface area contributed by atoms with Gasteiger partial charge in [-0.25, -0.2) is 4.39 Å².